The van der Waals surface area contributed by atoms with Crippen molar-refractivity contribution in [1.29, 1.82) is 0 Å². The van der Waals surface area contributed by atoms with Crippen LogP contribution < -0.4 is 10.2 Å². The smallest absolute Gasteiger partial charge is 0.407 e. The fourth-order valence-electron chi connectivity index (χ4n) is 2.66. The molecule has 1 saturated heterocycles. The number of ether oxygens (including phenoxy) is 1. The minimum atomic E-state index is -2.16. The van der Waals surface area contributed by atoms with E-state index in [1.54, 1.807) is 24.3 Å². The summed E-state index contributed by atoms with van der Waals surface area (Å²) in [5, 5.41) is 13.0. The largest absolute Gasteiger partial charge is 0.410 e. The Morgan fingerprint density at radius 3 is 2.62 bits per heavy atom. The molecule has 3 rings (SSSR count). The minimum absolute atomic E-state index is 0.00615. The number of nitrogens with zero attached hydrogens (tertiary/aromatic N) is 1. The molecule has 2 amide bonds. The molecule has 8 heteroatoms. The van der Waals surface area contributed by atoms with Gasteiger partial charge in [0.05, 0.1) is 0 Å². The van der Waals surface area contributed by atoms with Crippen LogP contribution in [0.1, 0.15) is 12.0 Å². The number of carbonyl (C=O) groups excluding carboxylic acids is 2. The van der Waals surface area contributed by atoms with Crippen molar-refractivity contribution in [3.63, 3.8) is 0 Å². The number of benzene rings is 2. The summed E-state index contributed by atoms with van der Waals surface area (Å²) in [5.41, 5.74) is 1.49. The van der Waals surface area contributed by atoms with E-state index >= 15 is 0 Å². The van der Waals surface area contributed by atoms with E-state index in [4.69, 9.17) is 4.74 Å². The molecule has 6 nitrogen and oxygen atoms in total. The molecule has 0 spiro atoms. The van der Waals surface area contributed by atoms with Crippen molar-refractivity contribution >= 4 is 49.5 Å². The van der Waals surface area contributed by atoms with Gasteiger partial charge in [0.2, 0.25) is 0 Å². The van der Waals surface area contributed by atoms with Gasteiger partial charge in [0.25, 0.3) is 11.7 Å². The summed E-state index contributed by atoms with van der Waals surface area (Å²) in [7, 11) is 0. The van der Waals surface area contributed by atoms with Crippen LogP contribution in [0, 0.1) is 0 Å². The molecular formula is C18H16Br2N2O4. The number of carbonyl (C=O) groups is 2. The highest BCUT2D eigenvalue weighted by molar-refractivity contribution is 9.10. The number of nitrogens with one attached hydrogen (secondary N) is 1. The molecule has 0 unspecified atom stereocenters. The Bertz CT molecular complexity index is 828. The third kappa shape index (κ3) is 4.25. The standard InChI is InChI=1S/C18H16Br2N2O4/c19-13-4-6-15(7-5-13)22-9-8-18(25,16(22)23)26-17(24)21-11-12-2-1-3-14(20)10-12/h1-7,10,25H,8-9,11H2,(H,21,24)/t18-/m1/s1. The molecule has 1 atom stereocenters. The van der Waals surface area contributed by atoms with Gasteiger partial charge < -0.3 is 20.1 Å². The van der Waals surface area contributed by atoms with E-state index in [0.29, 0.717) is 5.69 Å². The first-order valence-corrected chi connectivity index (χ1v) is 9.47. The zero-order chi connectivity index (χ0) is 18.7. The van der Waals surface area contributed by atoms with Gasteiger partial charge in [-0.2, -0.15) is 0 Å². The van der Waals surface area contributed by atoms with E-state index in [9.17, 15) is 14.7 Å². The highest BCUT2D eigenvalue weighted by atomic mass is 79.9. The van der Waals surface area contributed by atoms with Crippen LogP contribution in [0.15, 0.2) is 57.5 Å². The number of anilines is 1. The molecule has 0 aromatic heterocycles. The van der Waals surface area contributed by atoms with Crippen LogP contribution in [0.4, 0.5) is 10.5 Å². The summed E-state index contributed by atoms with van der Waals surface area (Å²) in [6.07, 6.45) is -0.842. The van der Waals surface area contributed by atoms with Crippen LogP contribution in [-0.2, 0) is 16.1 Å². The first kappa shape index (κ1) is 18.9. The Kier molecular flexibility index (Phi) is 5.64. The van der Waals surface area contributed by atoms with Crippen LogP contribution in [0.3, 0.4) is 0 Å². The molecule has 1 aliphatic heterocycles. The first-order valence-electron chi connectivity index (χ1n) is 7.88. The number of amides is 2. The summed E-state index contributed by atoms with van der Waals surface area (Å²) in [6.45, 7) is 0.481. The predicted octanol–water partition coefficient (Wildman–Crippen LogP) is 3.56. The molecule has 0 saturated carbocycles. The zero-order valence-corrected chi connectivity index (χ0v) is 16.8. The van der Waals surface area contributed by atoms with Gasteiger partial charge in [0.1, 0.15) is 0 Å². The Morgan fingerprint density at radius 2 is 1.92 bits per heavy atom. The predicted molar refractivity (Wildman–Crippen MR) is 104 cm³/mol. The number of alkyl carbamates (subject to hydrolysis) is 1. The maximum Gasteiger partial charge on any atom is 0.410 e. The maximum atomic E-state index is 12.5. The van der Waals surface area contributed by atoms with Crippen molar-refractivity contribution in [1.82, 2.24) is 5.32 Å². The number of rotatable bonds is 4. The molecule has 26 heavy (non-hydrogen) atoms. The van der Waals surface area contributed by atoms with Crippen molar-refractivity contribution < 1.29 is 19.4 Å². The van der Waals surface area contributed by atoms with Crippen molar-refractivity contribution in [2.75, 3.05) is 11.4 Å². The lowest BCUT2D eigenvalue weighted by Gasteiger charge is -2.22. The average molecular weight is 484 g/mol. The second kappa shape index (κ2) is 7.77. The molecule has 0 aliphatic carbocycles. The topological polar surface area (TPSA) is 78.9 Å². The summed E-state index contributed by atoms with van der Waals surface area (Å²) in [6, 6.07) is 14.5. The highest BCUT2D eigenvalue weighted by Crippen LogP contribution is 2.30. The lowest BCUT2D eigenvalue weighted by Crippen LogP contribution is -2.46. The van der Waals surface area contributed by atoms with Gasteiger partial charge in [-0.25, -0.2) is 4.79 Å². The lowest BCUT2D eigenvalue weighted by molar-refractivity contribution is -0.175. The van der Waals surface area contributed by atoms with Gasteiger partial charge in [-0.15, -0.1) is 0 Å². The molecule has 1 aliphatic rings. The number of aliphatic hydroxyl groups is 1. The van der Waals surface area contributed by atoms with Crippen molar-refractivity contribution in [3.8, 4) is 0 Å². The zero-order valence-electron chi connectivity index (χ0n) is 13.6. The number of halogens is 2. The van der Waals surface area contributed by atoms with E-state index in [-0.39, 0.29) is 19.5 Å². The van der Waals surface area contributed by atoms with E-state index in [2.05, 4.69) is 37.2 Å². The fourth-order valence-corrected chi connectivity index (χ4v) is 3.37. The summed E-state index contributed by atoms with van der Waals surface area (Å²) in [4.78, 5) is 25.9. The summed E-state index contributed by atoms with van der Waals surface area (Å²) >= 11 is 6.68. The molecule has 1 fully saturated rings. The molecule has 0 bridgehead atoms. The van der Waals surface area contributed by atoms with Gasteiger partial charge in [0.15, 0.2) is 0 Å². The van der Waals surface area contributed by atoms with Gasteiger partial charge >= 0.3 is 6.09 Å². The molecule has 2 N–H and O–H groups in total. The van der Waals surface area contributed by atoms with Crippen LogP contribution in [0.5, 0.6) is 0 Å². The normalized spacial score (nSPS) is 19.5. The van der Waals surface area contributed by atoms with Crippen molar-refractivity contribution in [2.24, 2.45) is 0 Å². The Hall–Kier alpha value is -1.90. The average Bonchev–Trinajstić information content (AvgIpc) is 2.89. The summed E-state index contributed by atoms with van der Waals surface area (Å²) < 4.78 is 6.80. The molecule has 136 valence electrons. The minimum Gasteiger partial charge on any atom is -0.407 e. The molecule has 0 radical (unpaired) electrons. The molecule has 2 aromatic rings. The van der Waals surface area contributed by atoms with Crippen LogP contribution >= 0.6 is 31.9 Å². The quantitative estimate of drug-likeness (QED) is 0.651. The summed E-state index contributed by atoms with van der Waals surface area (Å²) in [5.74, 6) is -2.81. The second-order valence-electron chi connectivity index (χ2n) is 5.84. The SMILES string of the molecule is O=C(NCc1cccc(Br)c1)O[C@]1(O)CCN(c2ccc(Br)cc2)C1=O. The second-order valence-corrected chi connectivity index (χ2v) is 7.67. The molecular weight excluding hydrogens is 468 g/mol. The van der Waals surface area contributed by atoms with Crippen LogP contribution in [0.2, 0.25) is 0 Å². The van der Waals surface area contributed by atoms with Gasteiger partial charge in [-0.1, -0.05) is 44.0 Å². The van der Waals surface area contributed by atoms with Crippen molar-refractivity contribution in [2.45, 2.75) is 18.8 Å². The third-order valence-electron chi connectivity index (χ3n) is 3.98. The Morgan fingerprint density at radius 1 is 1.19 bits per heavy atom. The maximum absolute atomic E-state index is 12.5. The number of hydrogen-bond acceptors (Lipinski definition) is 4. The van der Waals surface area contributed by atoms with Crippen LogP contribution in [0.25, 0.3) is 0 Å². The van der Waals surface area contributed by atoms with E-state index in [1.165, 1.54) is 4.90 Å². The highest BCUT2D eigenvalue weighted by Gasteiger charge is 2.49. The van der Waals surface area contributed by atoms with E-state index in [1.807, 2.05) is 24.3 Å². The van der Waals surface area contributed by atoms with E-state index in [0.717, 1.165) is 14.5 Å². The Balaban J connectivity index is 1.60. The molecule has 2 aromatic carbocycles. The lowest BCUT2D eigenvalue weighted by atomic mass is 10.2. The van der Waals surface area contributed by atoms with Gasteiger partial charge in [-0.05, 0) is 42.0 Å². The first-order chi connectivity index (χ1) is 12.4. The van der Waals surface area contributed by atoms with Gasteiger partial charge in [-0.3, -0.25) is 4.79 Å². The van der Waals surface area contributed by atoms with Crippen molar-refractivity contribution in [3.05, 3.63) is 63.0 Å². The van der Waals surface area contributed by atoms with Gasteiger partial charge in [0, 0.05) is 34.1 Å². The van der Waals surface area contributed by atoms with Crippen LogP contribution in [-0.4, -0.2) is 29.4 Å². The fraction of sp³-hybridized carbons (Fsp3) is 0.222. The Labute approximate surface area is 167 Å². The van der Waals surface area contributed by atoms with E-state index < -0.39 is 17.8 Å². The number of hydrogen-bond donors (Lipinski definition) is 2. The molecule has 1 heterocycles. The monoisotopic (exact) mass is 482 g/mol. The third-order valence-corrected chi connectivity index (χ3v) is 5.00.